The van der Waals surface area contributed by atoms with Gasteiger partial charge < -0.3 is 23.4 Å². The van der Waals surface area contributed by atoms with Crippen LogP contribution in [0.25, 0.3) is 43.7 Å². The molecule has 240 valence electrons. The third-order valence-corrected chi connectivity index (χ3v) is 9.60. The van der Waals surface area contributed by atoms with E-state index in [-0.39, 0.29) is 10.8 Å². The fourth-order valence-corrected chi connectivity index (χ4v) is 6.91. The average molecular weight is 628 g/mol. The Labute approximate surface area is 274 Å². The highest BCUT2D eigenvalue weighted by atomic mass is 16.5. The van der Waals surface area contributed by atoms with Gasteiger partial charge in [0.15, 0.2) is 11.2 Å². The number of rotatable bonds is 5. The van der Waals surface area contributed by atoms with Gasteiger partial charge in [-0.25, -0.2) is 0 Å². The van der Waals surface area contributed by atoms with Gasteiger partial charge >= 0.3 is 0 Å². The normalized spacial score (nSPS) is 14.9. The SMILES string of the molecule is CC(C)(C)c1ccc(Oc2ccc3noc4c5c(Oc6ccc(C(C)(C)C)cc6)cc(N6CCCCCC6)c6noc(c2c34)c65)cc1. The Morgan fingerprint density at radius 1 is 0.574 bits per heavy atom. The first-order valence-electron chi connectivity index (χ1n) is 16.8. The van der Waals surface area contributed by atoms with E-state index in [9.17, 15) is 0 Å². The lowest BCUT2D eigenvalue weighted by atomic mass is 9.87. The number of aromatic nitrogens is 2. The van der Waals surface area contributed by atoms with Crippen LogP contribution in [0.4, 0.5) is 5.69 Å². The summed E-state index contributed by atoms with van der Waals surface area (Å²) in [5.41, 5.74) is 6.40. The number of fused-ring (bicyclic) bond motifs is 2. The number of anilines is 1. The molecule has 5 aromatic carbocycles. The molecule has 7 nitrogen and oxygen atoms in total. The fraction of sp³-hybridized carbons (Fsp3) is 0.350. The maximum Gasteiger partial charge on any atom is 0.180 e. The Bertz CT molecular complexity index is 2210. The van der Waals surface area contributed by atoms with Crippen molar-refractivity contribution in [3.05, 3.63) is 77.9 Å². The molecule has 8 rings (SSSR count). The Morgan fingerprint density at radius 3 is 1.70 bits per heavy atom. The molecule has 0 spiro atoms. The molecular weight excluding hydrogens is 586 g/mol. The molecule has 0 N–H and O–H groups in total. The van der Waals surface area contributed by atoms with E-state index in [0.717, 1.165) is 75.7 Å². The smallest absolute Gasteiger partial charge is 0.180 e. The van der Waals surface area contributed by atoms with Gasteiger partial charge in [0.1, 0.15) is 34.0 Å². The molecule has 0 amide bonds. The minimum atomic E-state index is 0.0459. The second-order valence-corrected chi connectivity index (χ2v) is 15.0. The van der Waals surface area contributed by atoms with Crippen molar-refractivity contribution in [1.29, 1.82) is 0 Å². The lowest BCUT2D eigenvalue weighted by molar-refractivity contribution is 0.462. The van der Waals surface area contributed by atoms with Crippen LogP contribution in [0.5, 0.6) is 23.0 Å². The monoisotopic (exact) mass is 627 g/mol. The molecule has 1 aliphatic heterocycles. The average Bonchev–Trinajstić information content (AvgIpc) is 3.57. The van der Waals surface area contributed by atoms with E-state index >= 15 is 0 Å². The quantitative estimate of drug-likeness (QED) is 0.176. The highest BCUT2D eigenvalue weighted by Crippen LogP contribution is 2.51. The predicted octanol–water partition coefficient (Wildman–Crippen LogP) is 11.3. The van der Waals surface area contributed by atoms with Crippen LogP contribution in [-0.4, -0.2) is 23.4 Å². The van der Waals surface area contributed by atoms with Gasteiger partial charge in [-0.3, -0.25) is 0 Å². The summed E-state index contributed by atoms with van der Waals surface area (Å²) in [6.45, 7) is 15.2. The molecule has 2 aromatic heterocycles. The summed E-state index contributed by atoms with van der Waals surface area (Å²) in [7, 11) is 0. The largest absolute Gasteiger partial charge is 0.457 e. The van der Waals surface area contributed by atoms with E-state index in [1.807, 2.05) is 36.4 Å². The molecule has 1 aliphatic rings. The molecule has 1 fully saturated rings. The van der Waals surface area contributed by atoms with Crippen LogP contribution in [0.15, 0.2) is 75.8 Å². The molecule has 3 heterocycles. The zero-order valence-corrected chi connectivity index (χ0v) is 28.1. The lowest BCUT2D eigenvalue weighted by Gasteiger charge is -2.24. The molecule has 7 aromatic rings. The van der Waals surface area contributed by atoms with Gasteiger partial charge in [0.2, 0.25) is 0 Å². The number of hydrogen-bond acceptors (Lipinski definition) is 7. The molecule has 0 unspecified atom stereocenters. The van der Waals surface area contributed by atoms with E-state index in [1.165, 1.54) is 24.0 Å². The topological polar surface area (TPSA) is 73.8 Å². The molecule has 7 heteroatoms. The first-order chi connectivity index (χ1) is 22.6. The highest BCUT2D eigenvalue weighted by molar-refractivity contribution is 6.33. The van der Waals surface area contributed by atoms with Crippen LogP contribution in [0.1, 0.15) is 78.4 Å². The van der Waals surface area contributed by atoms with Gasteiger partial charge in [0.25, 0.3) is 0 Å². The minimum Gasteiger partial charge on any atom is -0.457 e. The van der Waals surface area contributed by atoms with E-state index in [4.69, 9.17) is 23.7 Å². The van der Waals surface area contributed by atoms with Crippen molar-refractivity contribution in [2.45, 2.75) is 78.1 Å². The van der Waals surface area contributed by atoms with Crippen molar-refractivity contribution in [3.63, 3.8) is 0 Å². The van der Waals surface area contributed by atoms with Crippen molar-refractivity contribution in [1.82, 2.24) is 10.3 Å². The second-order valence-electron chi connectivity index (χ2n) is 15.0. The first-order valence-corrected chi connectivity index (χ1v) is 16.8. The van der Waals surface area contributed by atoms with Gasteiger partial charge in [-0.05, 0) is 71.2 Å². The van der Waals surface area contributed by atoms with Gasteiger partial charge in [-0.2, -0.15) is 0 Å². The predicted molar refractivity (Wildman–Crippen MR) is 189 cm³/mol. The third kappa shape index (κ3) is 5.13. The van der Waals surface area contributed by atoms with Crippen molar-refractivity contribution < 1.29 is 18.5 Å². The number of ether oxygens (including phenoxy) is 2. The second kappa shape index (κ2) is 10.9. The van der Waals surface area contributed by atoms with E-state index < -0.39 is 0 Å². The molecular formula is C40H41N3O4. The highest BCUT2D eigenvalue weighted by Gasteiger charge is 2.30. The van der Waals surface area contributed by atoms with Crippen LogP contribution in [-0.2, 0) is 10.8 Å². The summed E-state index contributed by atoms with van der Waals surface area (Å²) < 4.78 is 25.8. The fourth-order valence-electron chi connectivity index (χ4n) is 6.91. The Balaban J connectivity index is 1.34. The zero-order valence-electron chi connectivity index (χ0n) is 28.1. The van der Waals surface area contributed by atoms with Gasteiger partial charge in [-0.1, -0.05) is 89.0 Å². The summed E-state index contributed by atoms with van der Waals surface area (Å²) in [6.07, 6.45) is 4.73. The summed E-state index contributed by atoms with van der Waals surface area (Å²) in [5.74, 6) is 2.85. The van der Waals surface area contributed by atoms with Crippen molar-refractivity contribution >= 4 is 49.4 Å². The Hall–Kier alpha value is -4.78. The van der Waals surface area contributed by atoms with Crippen molar-refractivity contribution in [3.8, 4) is 23.0 Å². The molecule has 0 bridgehead atoms. The zero-order chi connectivity index (χ0) is 32.5. The summed E-state index contributed by atoms with van der Waals surface area (Å²) in [5, 5.41) is 12.5. The molecule has 0 atom stereocenters. The standard InChI is InChI=1S/C40H41N3O4/c1-39(2,3)24-11-15-26(16-12-24)44-30-20-19-28-32-33(30)38-35-34(37(32)46-41-28)31(45-27-17-13-25(14-18-27)40(4,5)6)23-29(36(35)42-47-38)43-21-9-7-8-10-22-43/h11-20,23H,7-10,21-22H2,1-6H3. The Morgan fingerprint density at radius 2 is 1.11 bits per heavy atom. The summed E-state index contributed by atoms with van der Waals surface area (Å²) in [6, 6.07) is 22.6. The van der Waals surface area contributed by atoms with E-state index in [0.29, 0.717) is 22.7 Å². The van der Waals surface area contributed by atoms with Crippen molar-refractivity contribution in [2.24, 2.45) is 0 Å². The van der Waals surface area contributed by atoms with E-state index in [2.05, 4.69) is 81.9 Å². The summed E-state index contributed by atoms with van der Waals surface area (Å²) in [4.78, 5) is 2.43. The van der Waals surface area contributed by atoms with Gasteiger partial charge in [0.05, 0.1) is 27.2 Å². The van der Waals surface area contributed by atoms with Crippen molar-refractivity contribution in [2.75, 3.05) is 18.0 Å². The van der Waals surface area contributed by atoms with Crippen LogP contribution in [0, 0.1) is 0 Å². The number of nitrogens with zero attached hydrogens (tertiary/aromatic N) is 3. The molecule has 0 radical (unpaired) electrons. The van der Waals surface area contributed by atoms with Crippen LogP contribution in [0.3, 0.4) is 0 Å². The molecule has 47 heavy (non-hydrogen) atoms. The lowest BCUT2D eigenvalue weighted by Crippen LogP contribution is -2.24. The minimum absolute atomic E-state index is 0.0459. The van der Waals surface area contributed by atoms with Gasteiger partial charge in [0, 0.05) is 19.2 Å². The number of benzene rings is 5. The Kier molecular flexibility index (Phi) is 6.87. The maximum absolute atomic E-state index is 6.76. The molecule has 0 saturated carbocycles. The summed E-state index contributed by atoms with van der Waals surface area (Å²) >= 11 is 0. The van der Waals surface area contributed by atoms with Gasteiger partial charge in [-0.15, -0.1) is 0 Å². The number of hydrogen-bond donors (Lipinski definition) is 0. The van der Waals surface area contributed by atoms with Crippen LogP contribution < -0.4 is 14.4 Å². The molecule has 1 saturated heterocycles. The maximum atomic E-state index is 6.76. The first kappa shape index (κ1) is 29.6. The molecule has 0 aliphatic carbocycles. The van der Waals surface area contributed by atoms with Crippen LogP contribution >= 0.6 is 0 Å². The van der Waals surface area contributed by atoms with E-state index in [1.54, 1.807) is 0 Å². The van der Waals surface area contributed by atoms with Crippen LogP contribution in [0.2, 0.25) is 0 Å². The third-order valence-electron chi connectivity index (χ3n) is 9.60.